The zero-order valence-corrected chi connectivity index (χ0v) is 6.10. The Labute approximate surface area is 58.0 Å². The van der Waals surface area contributed by atoms with Gasteiger partial charge < -0.3 is 4.90 Å². The van der Waals surface area contributed by atoms with Crippen LogP contribution in [-0.2, 0) is 0 Å². The summed E-state index contributed by atoms with van der Waals surface area (Å²) in [6.45, 7) is 7.77. The van der Waals surface area contributed by atoms with Gasteiger partial charge in [-0.3, -0.25) is 0 Å². The highest BCUT2D eigenvalue weighted by atomic mass is 15.1. The maximum atomic E-state index is 3.82. The molecule has 1 aliphatic rings. The van der Waals surface area contributed by atoms with Gasteiger partial charge in [0.2, 0.25) is 0 Å². The first-order valence-corrected chi connectivity index (χ1v) is 3.95. The number of nitrogens with zero attached hydrogens (tertiary/aromatic N) is 1. The Kier molecular flexibility index (Phi) is 3.05. The fourth-order valence-corrected chi connectivity index (χ4v) is 1.34. The molecule has 1 aliphatic heterocycles. The maximum absolute atomic E-state index is 3.82. The van der Waals surface area contributed by atoms with E-state index < -0.39 is 0 Å². The van der Waals surface area contributed by atoms with Crippen LogP contribution >= 0.6 is 0 Å². The Morgan fingerprint density at radius 3 is 2.44 bits per heavy atom. The van der Waals surface area contributed by atoms with Crippen molar-refractivity contribution in [1.82, 2.24) is 4.90 Å². The zero-order chi connectivity index (χ0) is 6.53. The molecule has 0 aromatic carbocycles. The standard InChI is InChI=1S/C8H16N/c1-2-3-6-9-7-4-5-8-9/h1-8H2. The van der Waals surface area contributed by atoms with E-state index in [0.29, 0.717) is 0 Å². The molecule has 1 saturated heterocycles. The minimum atomic E-state index is 1.09. The molecule has 0 amide bonds. The van der Waals surface area contributed by atoms with Gasteiger partial charge in [-0.05, 0) is 38.9 Å². The van der Waals surface area contributed by atoms with E-state index in [-0.39, 0.29) is 0 Å². The number of rotatable bonds is 3. The quantitative estimate of drug-likeness (QED) is 0.556. The average molecular weight is 126 g/mol. The Bertz CT molecular complexity index is 65.0. The first-order valence-electron chi connectivity index (χ1n) is 3.95. The highest BCUT2D eigenvalue weighted by Crippen LogP contribution is 2.07. The number of hydrogen-bond donors (Lipinski definition) is 0. The van der Waals surface area contributed by atoms with Crippen LogP contribution in [0.2, 0.25) is 0 Å². The third-order valence-electron chi connectivity index (χ3n) is 1.92. The second-order valence-corrected chi connectivity index (χ2v) is 2.76. The molecule has 53 valence electrons. The molecule has 0 spiro atoms. The predicted molar refractivity (Wildman–Crippen MR) is 40.3 cm³/mol. The summed E-state index contributed by atoms with van der Waals surface area (Å²) in [6.07, 6.45) is 5.20. The number of likely N-dealkylation sites (tertiary alicyclic amines) is 1. The molecule has 1 rings (SSSR count). The van der Waals surface area contributed by atoms with Crippen LogP contribution in [0, 0.1) is 6.92 Å². The first kappa shape index (κ1) is 7.07. The van der Waals surface area contributed by atoms with Crippen LogP contribution in [0.25, 0.3) is 0 Å². The van der Waals surface area contributed by atoms with E-state index >= 15 is 0 Å². The average Bonchev–Trinajstić information content (AvgIpc) is 2.34. The molecule has 1 fully saturated rings. The van der Waals surface area contributed by atoms with E-state index in [9.17, 15) is 0 Å². The van der Waals surface area contributed by atoms with Gasteiger partial charge in [0.05, 0.1) is 0 Å². The summed E-state index contributed by atoms with van der Waals surface area (Å²) in [6, 6.07) is 0. The van der Waals surface area contributed by atoms with Crippen LogP contribution in [0.3, 0.4) is 0 Å². The van der Waals surface area contributed by atoms with Gasteiger partial charge in [0, 0.05) is 0 Å². The van der Waals surface area contributed by atoms with Gasteiger partial charge in [0.25, 0.3) is 0 Å². The smallest absolute Gasteiger partial charge is 0.00183 e. The van der Waals surface area contributed by atoms with Gasteiger partial charge in [-0.1, -0.05) is 13.3 Å². The van der Waals surface area contributed by atoms with Crippen LogP contribution in [0.1, 0.15) is 25.7 Å². The summed E-state index contributed by atoms with van der Waals surface area (Å²) in [7, 11) is 0. The van der Waals surface area contributed by atoms with E-state index in [1.807, 2.05) is 0 Å². The molecule has 1 heterocycles. The van der Waals surface area contributed by atoms with Crippen LogP contribution in [0.15, 0.2) is 0 Å². The van der Waals surface area contributed by atoms with Gasteiger partial charge in [0.15, 0.2) is 0 Å². The van der Waals surface area contributed by atoms with Gasteiger partial charge in [0.1, 0.15) is 0 Å². The third kappa shape index (κ3) is 2.35. The SMILES string of the molecule is [CH2]CCCN1CCCC1. The summed E-state index contributed by atoms with van der Waals surface area (Å²) in [5, 5.41) is 0. The number of unbranched alkanes of at least 4 members (excludes halogenated alkanes) is 1. The van der Waals surface area contributed by atoms with Gasteiger partial charge in [-0.15, -0.1) is 0 Å². The van der Waals surface area contributed by atoms with Crippen molar-refractivity contribution in [3.8, 4) is 0 Å². The molecular formula is C8H16N. The van der Waals surface area contributed by atoms with E-state index in [2.05, 4.69) is 11.8 Å². The summed E-state index contributed by atoms with van der Waals surface area (Å²) < 4.78 is 0. The van der Waals surface area contributed by atoms with Crippen LogP contribution < -0.4 is 0 Å². The molecule has 9 heavy (non-hydrogen) atoms. The Balaban J connectivity index is 1.98. The molecule has 0 aliphatic carbocycles. The predicted octanol–water partition coefficient (Wildman–Crippen LogP) is 1.70. The largest absolute Gasteiger partial charge is 0.303 e. The molecule has 1 heteroatoms. The Morgan fingerprint density at radius 1 is 1.22 bits per heavy atom. The molecule has 0 N–H and O–H groups in total. The lowest BCUT2D eigenvalue weighted by Crippen LogP contribution is -2.19. The van der Waals surface area contributed by atoms with Crippen LogP contribution in [0.5, 0.6) is 0 Å². The van der Waals surface area contributed by atoms with Crippen molar-refractivity contribution >= 4 is 0 Å². The van der Waals surface area contributed by atoms with Gasteiger partial charge in [-0.2, -0.15) is 0 Å². The van der Waals surface area contributed by atoms with Crippen LogP contribution in [0.4, 0.5) is 0 Å². The van der Waals surface area contributed by atoms with E-state index in [4.69, 9.17) is 0 Å². The normalized spacial score (nSPS) is 21.0. The van der Waals surface area contributed by atoms with E-state index in [1.54, 1.807) is 0 Å². The lowest BCUT2D eigenvalue weighted by molar-refractivity contribution is 0.335. The molecule has 1 radical (unpaired) electrons. The molecule has 0 bridgehead atoms. The monoisotopic (exact) mass is 126 g/mol. The topological polar surface area (TPSA) is 3.24 Å². The second kappa shape index (κ2) is 3.89. The fourth-order valence-electron chi connectivity index (χ4n) is 1.34. The molecule has 0 saturated carbocycles. The first-order chi connectivity index (χ1) is 4.43. The molecule has 0 aromatic rings. The van der Waals surface area contributed by atoms with Crippen molar-refractivity contribution in [2.45, 2.75) is 25.7 Å². The molecule has 0 unspecified atom stereocenters. The minimum absolute atomic E-state index is 1.09. The molecular weight excluding hydrogens is 110 g/mol. The third-order valence-corrected chi connectivity index (χ3v) is 1.92. The van der Waals surface area contributed by atoms with Crippen molar-refractivity contribution in [3.63, 3.8) is 0 Å². The molecule has 0 aromatic heterocycles. The molecule has 1 nitrogen and oxygen atoms in total. The minimum Gasteiger partial charge on any atom is -0.303 e. The summed E-state index contributed by atoms with van der Waals surface area (Å²) in [4.78, 5) is 2.53. The highest BCUT2D eigenvalue weighted by Gasteiger charge is 2.08. The van der Waals surface area contributed by atoms with Crippen molar-refractivity contribution in [2.24, 2.45) is 0 Å². The second-order valence-electron chi connectivity index (χ2n) is 2.76. The van der Waals surface area contributed by atoms with Gasteiger partial charge in [-0.25, -0.2) is 0 Å². The van der Waals surface area contributed by atoms with E-state index in [1.165, 1.54) is 38.9 Å². The number of hydrogen-bond acceptors (Lipinski definition) is 1. The molecule has 0 atom stereocenters. The van der Waals surface area contributed by atoms with Crippen molar-refractivity contribution in [2.75, 3.05) is 19.6 Å². The van der Waals surface area contributed by atoms with Crippen molar-refractivity contribution in [1.29, 1.82) is 0 Å². The van der Waals surface area contributed by atoms with Gasteiger partial charge >= 0.3 is 0 Å². The zero-order valence-electron chi connectivity index (χ0n) is 6.10. The lowest BCUT2D eigenvalue weighted by atomic mass is 10.3. The fraction of sp³-hybridized carbons (Fsp3) is 0.875. The Morgan fingerprint density at radius 2 is 1.89 bits per heavy atom. The maximum Gasteiger partial charge on any atom is -0.00183 e. The van der Waals surface area contributed by atoms with Crippen molar-refractivity contribution < 1.29 is 0 Å². The van der Waals surface area contributed by atoms with Crippen molar-refractivity contribution in [3.05, 3.63) is 6.92 Å². The lowest BCUT2D eigenvalue weighted by Gasteiger charge is -2.12. The summed E-state index contributed by atoms with van der Waals surface area (Å²) in [5.41, 5.74) is 0. The Hall–Kier alpha value is -0.0400. The summed E-state index contributed by atoms with van der Waals surface area (Å²) >= 11 is 0. The van der Waals surface area contributed by atoms with Crippen LogP contribution in [-0.4, -0.2) is 24.5 Å². The highest BCUT2D eigenvalue weighted by molar-refractivity contribution is 4.65. The summed E-state index contributed by atoms with van der Waals surface area (Å²) in [5.74, 6) is 0. The van der Waals surface area contributed by atoms with E-state index in [0.717, 1.165) is 6.42 Å².